The van der Waals surface area contributed by atoms with Crippen molar-refractivity contribution in [1.82, 2.24) is 9.97 Å². The summed E-state index contributed by atoms with van der Waals surface area (Å²) < 4.78 is 13.1. The van der Waals surface area contributed by atoms with Crippen LogP contribution in [0.2, 0.25) is 0 Å². The highest BCUT2D eigenvalue weighted by Gasteiger charge is 2.05. The van der Waals surface area contributed by atoms with E-state index < -0.39 is 5.97 Å². The van der Waals surface area contributed by atoms with Gasteiger partial charge in [-0.1, -0.05) is 0 Å². The maximum atomic E-state index is 13.1. The van der Waals surface area contributed by atoms with Crippen LogP contribution in [0.1, 0.15) is 10.4 Å². The number of carbonyl (C=O) groups is 1. The maximum Gasteiger partial charge on any atom is 0.335 e. The summed E-state index contributed by atoms with van der Waals surface area (Å²) in [6, 6.07) is 10.5. The van der Waals surface area contributed by atoms with Gasteiger partial charge in [0.05, 0.1) is 16.6 Å². The Hall–Kier alpha value is -2.89. The average molecular weight is 271 g/mol. The molecule has 1 heterocycles. The van der Waals surface area contributed by atoms with Crippen molar-refractivity contribution < 1.29 is 14.3 Å². The molecule has 0 aliphatic rings. The van der Waals surface area contributed by atoms with E-state index in [9.17, 15) is 9.18 Å². The molecular formula is C14H10FN3O2. The number of benzene rings is 2. The third-order valence-electron chi connectivity index (χ3n) is 2.84. The molecule has 0 aliphatic carbocycles. The second-order valence-corrected chi connectivity index (χ2v) is 4.25. The molecular weight excluding hydrogens is 261 g/mol. The van der Waals surface area contributed by atoms with Crippen LogP contribution in [-0.4, -0.2) is 21.0 Å². The lowest BCUT2D eigenvalue weighted by Crippen LogP contribution is -1.97. The van der Waals surface area contributed by atoms with Gasteiger partial charge in [0.25, 0.3) is 0 Å². The molecule has 0 amide bonds. The smallest absolute Gasteiger partial charge is 0.335 e. The number of carboxylic acids is 1. The van der Waals surface area contributed by atoms with Gasteiger partial charge in [0.15, 0.2) is 0 Å². The largest absolute Gasteiger partial charge is 0.478 e. The van der Waals surface area contributed by atoms with E-state index >= 15 is 0 Å². The van der Waals surface area contributed by atoms with Crippen molar-refractivity contribution in [2.75, 3.05) is 5.32 Å². The first-order valence-electron chi connectivity index (χ1n) is 5.87. The zero-order valence-electron chi connectivity index (χ0n) is 10.2. The number of rotatable bonds is 3. The van der Waals surface area contributed by atoms with Crippen LogP contribution >= 0.6 is 0 Å². The van der Waals surface area contributed by atoms with Crippen LogP contribution in [0.15, 0.2) is 42.5 Å². The molecule has 0 fully saturated rings. The number of H-pyrrole nitrogens is 1. The number of carboxylic acid groups (broad SMARTS) is 1. The lowest BCUT2D eigenvalue weighted by molar-refractivity contribution is 0.0697. The normalized spacial score (nSPS) is 10.7. The molecule has 3 rings (SSSR count). The topological polar surface area (TPSA) is 78.0 Å². The number of nitrogens with one attached hydrogen (secondary N) is 2. The van der Waals surface area contributed by atoms with Crippen LogP contribution < -0.4 is 5.32 Å². The number of aromatic amines is 1. The van der Waals surface area contributed by atoms with Gasteiger partial charge >= 0.3 is 5.97 Å². The molecule has 6 heteroatoms. The third kappa shape index (κ3) is 2.31. The highest BCUT2D eigenvalue weighted by molar-refractivity contribution is 5.88. The summed E-state index contributed by atoms with van der Waals surface area (Å²) in [5.74, 6) is -0.844. The molecule has 0 saturated carbocycles. The van der Waals surface area contributed by atoms with Crippen LogP contribution in [0.4, 0.5) is 16.0 Å². The number of nitrogens with zero attached hydrogens (tertiary/aromatic N) is 1. The van der Waals surface area contributed by atoms with Crippen molar-refractivity contribution in [3.63, 3.8) is 0 Å². The predicted octanol–water partition coefficient (Wildman–Crippen LogP) is 3.14. The van der Waals surface area contributed by atoms with E-state index in [1.807, 2.05) is 0 Å². The van der Waals surface area contributed by atoms with Crippen molar-refractivity contribution in [2.24, 2.45) is 0 Å². The quantitative estimate of drug-likeness (QED) is 0.683. The molecule has 0 radical (unpaired) electrons. The monoisotopic (exact) mass is 271 g/mol. The Morgan fingerprint density at radius 3 is 2.65 bits per heavy atom. The van der Waals surface area contributed by atoms with E-state index in [1.54, 1.807) is 18.2 Å². The molecule has 100 valence electrons. The average Bonchev–Trinajstić information content (AvgIpc) is 2.80. The SMILES string of the molecule is O=C(O)c1ccc(Nc2nc3ccc(F)cc3[nH]2)cc1. The van der Waals surface area contributed by atoms with E-state index in [1.165, 1.54) is 24.3 Å². The molecule has 20 heavy (non-hydrogen) atoms. The third-order valence-corrected chi connectivity index (χ3v) is 2.84. The first-order valence-corrected chi connectivity index (χ1v) is 5.87. The van der Waals surface area contributed by atoms with Crippen LogP contribution in [-0.2, 0) is 0 Å². The van der Waals surface area contributed by atoms with Crippen molar-refractivity contribution in [3.8, 4) is 0 Å². The van der Waals surface area contributed by atoms with Crippen molar-refractivity contribution in [1.29, 1.82) is 0 Å². The summed E-state index contributed by atoms with van der Waals surface area (Å²) in [6.45, 7) is 0. The van der Waals surface area contributed by atoms with E-state index in [4.69, 9.17) is 5.11 Å². The summed E-state index contributed by atoms with van der Waals surface area (Å²) in [4.78, 5) is 17.9. The second kappa shape index (κ2) is 4.65. The summed E-state index contributed by atoms with van der Waals surface area (Å²) in [7, 11) is 0. The van der Waals surface area contributed by atoms with Crippen LogP contribution in [0.25, 0.3) is 11.0 Å². The minimum absolute atomic E-state index is 0.210. The van der Waals surface area contributed by atoms with Crippen LogP contribution in [0.3, 0.4) is 0 Å². The Labute approximate surface area is 113 Å². The Balaban J connectivity index is 1.87. The number of hydrogen-bond acceptors (Lipinski definition) is 3. The second-order valence-electron chi connectivity index (χ2n) is 4.25. The molecule has 5 nitrogen and oxygen atoms in total. The number of anilines is 2. The number of aromatic nitrogens is 2. The summed E-state index contributed by atoms with van der Waals surface area (Å²) in [5, 5.41) is 11.8. The fraction of sp³-hybridized carbons (Fsp3) is 0. The van der Waals surface area contributed by atoms with Gasteiger partial charge in [-0.3, -0.25) is 0 Å². The predicted molar refractivity (Wildman–Crippen MR) is 72.7 cm³/mol. The molecule has 2 aromatic carbocycles. The fourth-order valence-corrected chi connectivity index (χ4v) is 1.87. The summed E-state index contributed by atoms with van der Waals surface area (Å²) in [5.41, 5.74) is 2.14. The lowest BCUT2D eigenvalue weighted by atomic mass is 10.2. The zero-order chi connectivity index (χ0) is 14.1. The molecule has 0 bridgehead atoms. The zero-order valence-corrected chi connectivity index (χ0v) is 10.2. The number of halogens is 1. The first kappa shape index (κ1) is 12.2. The van der Waals surface area contributed by atoms with Gasteiger partial charge in [-0.05, 0) is 42.5 Å². The molecule has 0 spiro atoms. The van der Waals surface area contributed by atoms with Gasteiger partial charge in [-0.25, -0.2) is 14.2 Å². The van der Waals surface area contributed by atoms with E-state index in [-0.39, 0.29) is 11.4 Å². The fourth-order valence-electron chi connectivity index (χ4n) is 1.87. The molecule has 3 aromatic rings. The minimum Gasteiger partial charge on any atom is -0.478 e. The van der Waals surface area contributed by atoms with E-state index in [0.717, 1.165) is 0 Å². The van der Waals surface area contributed by atoms with Crippen molar-refractivity contribution >= 4 is 28.6 Å². The Morgan fingerprint density at radius 2 is 1.95 bits per heavy atom. The van der Waals surface area contributed by atoms with Gasteiger partial charge in [0, 0.05) is 5.69 Å². The molecule has 0 atom stereocenters. The summed E-state index contributed by atoms with van der Waals surface area (Å²) >= 11 is 0. The molecule has 1 aromatic heterocycles. The Morgan fingerprint density at radius 1 is 1.20 bits per heavy atom. The van der Waals surface area contributed by atoms with Gasteiger partial charge in [-0.2, -0.15) is 0 Å². The summed E-state index contributed by atoms with van der Waals surface area (Å²) in [6.07, 6.45) is 0. The van der Waals surface area contributed by atoms with Crippen molar-refractivity contribution in [2.45, 2.75) is 0 Å². The van der Waals surface area contributed by atoms with Gasteiger partial charge in [0.1, 0.15) is 5.82 Å². The van der Waals surface area contributed by atoms with Crippen molar-refractivity contribution in [3.05, 3.63) is 53.8 Å². The van der Waals surface area contributed by atoms with E-state index in [2.05, 4.69) is 15.3 Å². The number of imidazole rings is 1. The standard InChI is InChI=1S/C14H10FN3O2/c15-9-3-6-11-12(7-9)18-14(17-11)16-10-4-1-8(2-5-10)13(19)20/h1-7H,(H,19,20)(H2,16,17,18). The molecule has 0 saturated heterocycles. The molecule has 0 aliphatic heterocycles. The minimum atomic E-state index is -0.976. The lowest BCUT2D eigenvalue weighted by Gasteiger charge is -2.02. The van der Waals surface area contributed by atoms with Gasteiger partial charge < -0.3 is 15.4 Å². The first-order chi connectivity index (χ1) is 9.61. The number of hydrogen-bond donors (Lipinski definition) is 3. The highest BCUT2D eigenvalue weighted by atomic mass is 19.1. The maximum absolute atomic E-state index is 13.1. The Bertz CT molecular complexity index is 781. The number of aromatic carboxylic acids is 1. The number of fused-ring (bicyclic) bond motifs is 1. The van der Waals surface area contributed by atoms with E-state index in [0.29, 0.717) is 22.7 Å². The van der Waals surface area contributed by atoms with Crippen LogP contribution in [0, 0.1) is 5.82 Å². The Kier molecular flexibility index (Phi) is 2.83. The molecule has 3 N–H and O–H groups in total. The van der Waals surface area contributed by atoms with Gasteiger partial charge in [0.2, 0.25) is 5.95 Å². The van der Waals surface area contributed by atoms with Gasteiger partial charge in [-0.15, -0.1) is 0 Å². The highest BCUT2D eigenvalue weighted by Crippen LogP contribution is 2.19. The molecule has 0 unspecified atom stereocenters. The van der Waals surface area contributed by atoms with Crippen LogP contribution in [0.5, 0.6) is 0 Å².